The lowest BCUT2D eigenvalue weighted by Gasteiger charge is -2.35. The van der Waals surface area contributed by atoms with Gasteiger partial charge in [-0.3, -0.25) is 0 Å². The van der Waals surface area contributed by atoms with Crippen LogP contribution in [0.15, 0.2) is 18.2 Å². The maximum atomic E-state index is 9.27. The molecule has 2 N–H and O–H groups in total. The first-order valence-corrected chi connectivity index (χ1v) is 6.17. The molecule has 0 spiro atoms. The molecule has 1 fully saturated rings. The molecule has 0 atom stereocenters. The van der Waals surface area contributed by atoms with Crippen molar-refractivity contribution in [3.63, 3.8) is 0 Å². The predicted molar refractivity (Wildman–Crippen MR) is 69.1 cm³/mol. The first kappa shape index (κ1) is 12.9. The zero-order valence-corrected chi connectivity index (χ0v) is 10.5. The number of hydrogen-bond acceptors (Lipinski definition) is 4. The van der Waals surface area contributed by atoms with Gasteiger partial charge < -0.3 is 15.1 Å². The van der Waals surface area contributed by atoms with E-state index < -0.39 is 0 Å². The molecule has 0 bridgehead atoms. The number of hydrogen-bond donors (Lipinski definition) is 2. The second-order valence-electron chi connectivity index (χ2n) is 4.99. The third kappa shape index (κ3) is 2.63. The third-order valence-electron chi connectivity index (χ3n) is 3.52. The fourth-order valence-corrected chi connectivity index (χ4v) is 2.44. The normalized spacial score (nSPS) is 22.1. The van der Waals surface area contributed by atoms with Gasteiger partial charge in [-0.05, 0) is 36.5 Å². The van der Waals surface area contributed by atoms with Crippen molar-refractivity contribution in [3.05, 3.63) is 29.3 Å². The molecule has 2 rings (SSSR count). The van der Waals surface area contributed by atoms with Crippen molar-refractivity contribution >= 4 is 5.69 Å². The first-order valence-electron chi connectivity index (χ1n) is 6.17. The lowest BCUT2D eigenvalue weighted by Crippen LogP contribution is -2.37. The molecule has 0 saturated heterocycles. The van der Waals surface area contributed by atoms with Crippen molar-refractivity contribution in [3.8, 4) is 6.07 Å². The molecule has 96 valence electrons. The molecule has 1 aromatic carbocycles. The van der Waals surface area contributed by atoms with Crippen molar-refractivity contribution in [2.75, 3.05) is 18.5 Å². The van der Waals surface area contributed by atoms with Gasteiger partial charge in [0.15, 0.2) is 0 Å². The highest BCUT2D eigenvalue weighted by Gasteiger charge is 2.28. The zero-order valence-electron chi connectivity index (χ0n) is 10.5. The molecule has 18 heavy (non-hydrogen) atoms. The predicted octanol–water partition coefficient (Wildman–Crippen LogP) is 1.26. The Morgan fingerprint density at radius 1 is 1.44 bits per heavy atom. The SMILES string of the molecule is CN(CC1CC(O)C1)c1ccc(CO)cc1C#N. The molecule has 0 aliphatic heterocycles. The Kier molecular flexibility index (Phi) is 3.85. The van der Waals surface area contributed by atoms with Crippen LogP contribution in [0.3, 0.4) is 0 Å². The fourth-order valence-electron chi connectivity index (χ4n) is 2.44. The van der Waals surface area contributed by atoms with Crippen LogP contribution in [0.5, 0.6) is 0 Å². The standard InChI is InChI=1S/C14H18N2O2/c1-16(8-11-5-13(18)6-11)14-3-2-10(9-17)4-12(14)7-15/h2-4,11,13,17-18H,5-6,8-9H2,1H3. The van der Waals surface area contributed by atoms with Crippen molar-refractivity contribution in [2.24, 2.45) is 5.92 Å². The molecule has 0 heterocycles. The van der Waals surface area contributed by atoms with Gasteiger partial charge in [0.1, 0.15) is 6.07 Å². The van der Waals surface area contributed by atoms with E-state index in [0.717, 1.165) is 30.6 Å². The van der Waals surface area contributed by atoms with Crippen LogP contribution in [0.1, 0.15) is 24.0 Å². The monoisotopic (exact) mass is 246 g/mol. The lowest BCUT2D eigenvalue weighted by atomic mass is 9.82. The second-order valence-corrected chi connectivity index (χ2v) is 4.99. The largest absolute Gasteiger partial charge is 0.393 e. The summed E-state index contributed by atoms with van der Waals surface area (Å²) in [6.07, 6.45) is 1.55. The van der Waals surface area contributed by atoms with Gasteiger partial charge in [-0.1, -0.05) is 6.07 Å². The molecule has 1 aliphatic carbocycles. The van der Waals surface area contributed by atoms with E-state index in [2.05, 4.69) is 11.0 Å². The molecule has 1 saturated carbocycles. The highest BCUT2D eigenvalue weighted by atomic mass is 16.3. The summed E-state index contributed by atoms with van der Waals surface area (Å²) in [5.41, 5.74) is 2.22. The van der Waals surface area contributed by atoms with Crippen molar-refractivity contribution in [1.29, 1.82) is 5.26 Å². The van der Waals surface area contributed by atoms with Crippen molar-refractivity contribution in [2.45, 2.75) is 25.6 Å². The number of aliphatic hydroxyl groups is 2. The van der Waals surface area contributed by atoms with Gasteiger partial charge in [-0.25, -0.2) is 0 Å². The Labute approximate surface area is 107 Å². The van der Waals surface area contributed by atoms with E-state index in [1.807, 2.05) is 19.2 Å². The maximum Gasteiger partial charge on any atom is 0.101 e. The Morgan fingerprint density at radius 2 is 2.17 bits per heavy atom. The van der Waals surface area contributed by atoms with Crippen molar-refractivity contribution in [1.82, 2.24) is 0 Å². The Morgan fingerprint density at radius 3 is 2.72 bits per heavy atom. The van der Waals surface area contributed by atoms with Gasteiger partial charge in [-0.15, -0.1) is 0 Å². The van der Waals surface area contributed by atoms with Crippen LogP contribution in [0, 0.1) is 17.2 Å². The van der Waals surface area contributed by atoms with Crippen molar-refractivity contribution < 1.29 is 10.2 Å². The maximum absolute atomic E-state index is 9.27. The summed E-state index contributed by atoms with van der Waals surface area (Å²) in [5, 5.41) is 27.5. The van der Waals surface area contributed by atoms with Gasteiger partial charge >= 0.3 is 0 Å². The lowest BCUT2D eigenvalue weighted by molar-refractivity contribution is 0.0465. The zero-order chi connectivity index (χ0) is 13.1. The molecular weight excluding hydrogens is 228 g/mol. The second kappa shape index (κ2) is 5.38. The van der Waals surface area contributed by atoms with Gasteiger partial charge in [-0.2, -0.15) is 5.26 Å². The van der Waals surface area contributed by atoms with E-state index >= 15 is 0 Å². The summed E-state index contributed by atoms with van der Waals surface area (Å²) in [7, 11) is 1.96. The minimum absolute atomic E-state index is 0.0481. The summed E-state index contributed by atoms with van der Waals surface area (Å²) in [5.74, 6) is 0.508. The topological polar surface area (TPSA) is 67.5 Å². The average Bonchev–Trinajstić information content (AvgIpc) is 2.36. The number of nitrogens with zero attached hydrogens (tertiary/aromatic N) is 2. The number of benzene rings is 1. The highest BCUT2D eigenvalue weighted by molar-refractivity contribution is 5.60. The van der Waals surface area contributed by atoms with Gasteiger partial charge in [0.25, 0.3) is 0 Å². The van der Waals surface area contributed by atoms with Crippen LogP contribution in [-0.4, -0.2) is 29.9 Å². The van der Waals surface area contributed by atoms with E-state index in [9.17, 15) is 5.11 Å². The van der Waals surface area contributed by atoms with Gasteiger partial charge in [0.05, 0.1) is 24.0 Å². The summed E-state index contributed by atoms with van der Waals surface area (Å²) >= 11 is 0. The van der Waals surface area contributed by atoms with Gasteiger partial charge in [0.2, 0.25) is 0 Å². The number of anilines is 1. The van der Waals surface area contributed by atoms with E-state index in [0.29, 0.717) is 11.5 Å². The molecule has 0 unspecified atom stereocenters. The fraction of sp³-hybridized carbons (Fsp3) is 0.500. The Hall–Kier alpha value is -1.57. The van der Waals surface area contributed by atoms with Crippen LogP contribution >= 0.6 is 0 Å². The smallest absolute Gasteiger partial charge is 0.101 e. The molecule has 1 aromatic rings. The molecule has 4 nitrogen and oxygen atoms in total. The Bertz CT molecular complexity index is 461. The summed E-state index contributed by atoms with van der Waals surface area (Å²) in [6.45, 7) is 0.803. The van der Waals surface area contributed by atoms with Crippen LogP contribution in [0.25, 0.3) is 0 Å². The average molecular weight is 246 g/mol. The molecule has 0 radical (unpaired) electrons. The number of aliphatic hydroxyl groups excluding tert-OH is 2. The quantitative estimate of drug-likeness (QED) is 0.839. The van der Waals surface area contributed by atoms with E-state index in [4.69, 9.17) is 10.4 Å². The van der Waals surface area contributed by atoms with E-state index in [1.165, 1.54) is 0 Å². The molecule has 0 aromatic heterocycles. The van der Waals surface area contributed by atoms with E-state index in [-0.39, 0.29) is 12.7 Å². The van der Waals surface area contributed by atoms with Crippen LogP contribution in [0.4, 0.5) is 5.69 Å². The minimum Gasteiger partial charge on any atom is -0.393 e. The summed E-state index contributed by atoms with van der Waals surface area (Å²) in [6, 6.07) is 7.60. The Balaban J connectivity index is 2.09. The van der Waals surface area contributed by atoms with Crippen LogP contribution < -0.4 is 4.90 Å². The van der Waals surface area contributed by atoms with Crippen LogP contribution in [0.2, 0.25) is 0 Å². The van der Waals surface area contributed by atoms with Gasteiger partial charge in [0, 0.05) is 13.6 Å². The number of rotatable bonds is 4. The number of nitriles is 1. The summed E-state index contributed by atoms with van der Waals surface area (Å²) in [4.78, 5) is 2.05. The molecule has 0 amide bonds. The molecule has 4 heteroatoms. The van der Waals surface area contributed by atoms with E-state index in [1.54, 1.807) is 6.07 Å². The third-order valence-corrected chi connectivity index (χ3v) is 3.52. The summed E-state index contributed by atoms with van der Waals surface area (Å²) < 4.78 is 0. The first-order chi connectivity index (χ1) is 8.63. The molecule has 1 aliphatic rings. The highest BCUT2D eigenvalue weighted by Crippen LogP contribution is 2.30. The molecular formula is C14H18N2O2. The van der Waals surface area contributed by atoms with Crippen LogP contribution in [-0.2, 0) is 6.61 Å². The minimum atomic E-state index is -0.143.